The predicted octanol–water partition coefficient (Wildman–Crippen LogP) is 6.49. The first-order valence-electron chi connectivity index (χ1n) is 12.4. The Labute approximate surface area is 185 Å². The van der Waals surface area contributed by atoms with Crippen molar-refractivity contribution in [1.29, 1.82) is 0 Å². The van der Waals surface area contributed by atoms with Crippen LogP contribution in [0.1, 0.15) is 64.5 Å². The Morgan fingerprint density at radius 3 is 1.90 bits per heavy atom. The minimum Gasteiger partial charge on any atom is -0.368 e. The molecule has 3 rings (SSSR count). The standard InChI is InChI=1S/C28H43N2/c1-5-20-30(8-4,21-6-2)28(7-3)18-19-29(26-16-10-9-11-17-26)27-22-24-14-12-13-15-25(24)23-27/h9-17,27-28H,5-8,18-23H2,1-4H3/q+1/t28-/m0/s1. The summed E-state index contributed by atoms with van der Waals surface area (Å²) in [6.45, 7) is 14.6. The number of benzene rings is 2. The molecule has 0 radical (unpaired) electrons. The summed E-state index contributed by atoms with van der Waals surface area (Å²) in [6.07, 6.45) is 7.49. The molecule has 1 atom stereocenters. The molecule has 0 saturated heterocycles. The van der Waals surface area contributed by atoms with Crippen molar-refractivity contribution in [2.75, 3.05) is 31.1 Å². The van der Waals surface area contributed by atoms with Crippen LogP contribution in [0.15, 0.2) is 54.6 Å². The molecular formula is C28H43N2+. The van der Waals surface area contributed by atoms with E-state index in [1.807, 2.05) is 0 Å². The second-order valence-corrected chi connectivity index (χ2v) is 9.19. The molecule has 1 aliphatic carbocycles. The van der Waals surface area contributed by atoms with Gasteiger partial charge in [-0.25, -0.2) is 0 Å². The topological polar surface area (TPSA) is 3.24 Å². The molecule has 0 aromatic heterocycles. The quantitative estimate of drug-likeness (QED) is 0.364. The molecule has 0 spiro atoms. The Morgan fingerprint density at radius 1 is 0.833 bits per heavy atom. The molecule has 0 aliphatic heterocycles. The molecule has 0 saturated carbocycles. The summed E-state index contributed by atoms with van der Waals surface area (Å²) in [7, 11) is 0. The second-order valence-electron chi connectivity index (χ2n) is 9.19. The van der Waals surface area contributed by atoms with Crippen molar-refractivity contribution < 1.29 is 4.48 Å². The number of rotatable bonds is 12. The van der Waals surface area contributed by atoms with Gasteiger partial charge in [-0.2, -0.15) is 0 Å². The van der Waals surface area contributed by atoms with Crippen molar-refractivity contribution in [2.24, 2.45) is 0 Å². The zero-order chi connectivity index (χ0) is 21.4. The fourth-order valence-corrected chi connectivity index (χ4v) is 5.99. The molecule has 0 heterocycles. The van der Waals surface area contributed by atoms with Crippen LogP contribution in [-0.2, 0) is 12.8 Å². The maximum absolute atomic E-state index is 2.73. The number of nitrogens with zero attached hydrogens (tertiary/aromatic N) is 2. The summed E-state index contributed by atoms with van der Waals surface area (Å²) < 4.78 is 1.30. The van der Waals surface area contributed by atoms with Gasteiger partial charge >= 0.3 is 0 Å². The van der Waals surface area contributed by atoms with Gasteiger partial charge in [0.2, 0.25) is 0 Å². The summed E-state index contributed by atoms with van der Waals surface area (Å²) in [6, 6.07) is 21.5. The highest BCUT2D eigenvalue weighted by Gasteiger charge is 2.34. The fraction of sp³-hybridized carbons (Fsp3) is 0.571. The SMILES string of the molecule is CCC[N+](CC)(CCC)[C@@H](CC)CCN(c1ccccc1)C1Cc2ccccc2C1. The van der Waals surface area contributed by atoms with Gasteiger partial charge in [-0.15, -0.1) is 0 Å². The lowest BCUT2D eigenvalue weighted by Crippen LogP contribution is -2.57. The lowest BCUT2D eigenvalue weighted by molar-refractivity contribution is -0.950. The van der Waals surface area contributed by atoms with E-state index in [-0.39, 0.29) is 0 Å². The number of fused-ring (bicyclic) bond motifs is 1. The molecule has 164 valence electrons. The summed E-state index contributed by atoms with van der Waals surface area (Å²) in [4.78, 5) is 2.73. The van der Waals surface area contributed by atoms with E-state index in [9.17, 15) is 0 Å². The first-order valence-corrected chi connectivity index (χ1v) is 12.4. The number of hydrogen-bond acceptors (Lipinski definition) is 1. The first kappa shape index (κ1) is 22.9. The third-order valence-corrected chi connectivity index (χ3v) is 7.47. The number of quaternary nitrogens is 1. The molecule has 30 heavy (non-hydrogen) atoms. The Morgan fingerprint density at radius 2 is 1.40 bits per heavy atom. The van der Waals surface area contributed by atoms with Gasteiger partial charge in [-0.1, -0.05) is 63.2 Å². The van der Waals surface area contributed by atoms with Crippen LogP contribution in [0.5, 0.6) is 0 Å². The van der Waals surface area contributed by atoms with Crippen LogP contribution in [0, 0.1) is 0 Å². The van der Waals surface area contributed by atoms with E-state index in [0.717, 1.165) is 12.6 Å². The summed E-state index contributed by atoms with van der Waals surface area (Å²) >= 11 is 0. The Balaban J connectivity index is 1.79. The highest BCUT2D eigenvalue weighted by atomic mass is 15.4. The average Bonchev–Trinajstić information content (AvgIpc) is 3.21. The van der Waals surface area contributed by atoms with Crippen molar-refractivity contribution >= 4 is 5.69 Å². The smallest absolute Gasteiger partial charge is 0.0904 e. The number of para-hydroxylation sites is 1. The van der Waals surface area contributed by atoms with Gasteiger partial charge in [0.1, 0.15) is 0 Å². The third-order valence-electron chi connectivity index (χ3n) is 7.47. The lowest BCUT2D eigenvalue weighted by atomic mass is 10.0. The maximum Gasteiger partial charge on any atom is 0.0904 e. The van der Waals surface area contributed by atoms with Crippen LogP contribution >= 0.6 is 0 Å². The molecule has 2 nitrogen and oxygen atoms in total. The summed E-state index contributed by atoms with van der Waals surface area (Å²) in [5.41, 5.74) is 4.49. The minimum absolute atomic E-state index is 0.586. The number of hydrogen-bond donors (Lipinski definition) is 0. The van der Waals surface area contributed by atoms with E-state index in [2.05, 4.69) is 87.2 Å². The molecule has 0 unspecified atom stereocenters. The zero-order valence-electron chi connectivity index (χ0n) is 19.8. The minimum atomic E-state index is 0.586. The molecular weight excluding hydrogens is 364 g/mol. The van der Waals surface area contributed by atoms with E-state index in [1.54, 1.807) is 11.1 Å². The van der Waals surface area contributed by atoms with E-state index >= 15 is 0 Å². The van der Waals surface area contributed by atoms with Crippen LogP contribution in [0.3, 0.4) is 0 Å². The average molecular weight is 408 g/mol. The summed E-state index contributed by atoms with van der Waals surface area (Å²) in [5, 5.41) is 0. The van der Waals surface area contributed by atoms with Crippen LogP contribution in [0.4, 0.5) is 5.69 Å². The van der Waals surface area contributed by atoms with E-state index < -0.39 is 0 Å². The van der Waals surface area contributed by atoms with Gasteiger partial charge in [0, 0.05) is 24.7 Å². The van der Waals surface area contributed by atoms with E-state index in [0.29, 0.717) is 6.04 Å². The highest BCUT2D eigenvalue weighted by molar-refractivity contribution is 5.49. The molecule has 2 aromatic carbocycles. The van der Waals surface area contributed by atoms with Gasteiger partial charge in [0.25, 0.3) is 0 Å². The maximum atomic E-state index is 2.73. The van der Waals surface area contributed by atoms with Crippen LogP contribution in [0.25, 0.3) is 0 Å². The largest absolute Gasteiger partial charge is 0.368 e. The lowest BCUT2D eigenvalue weighted by Gasteiger charge is -2.45. The molecule has 0 bridgehead atoms. The van der Waals surface area contributed by atoms with Crippen molar-refractivity contribution in [3.8, 4) is 0 Å². The van der Waals surface area contributed by atoms with Gasteiger partial charge in [-0.05, 0) is 62.3 Å². The van der Waals surface area contributed by atoms with Crippen LogP contribution < -0.4 is 4.90 Å². The zero-order valence-corrected chi connectivity index (χ0v) is 19.8. The highest BCUT2D eigenvalue weighted by Crippen LogP contribution is 2.30. The van der Waals surface area contributed by atoms with Gasteiger partial charge < -0.3 is 9.38 Å². The van der Waals surface area contributed by atoms with E-state index in [4.69, 9.17) is 0 Å². The molecule has 2 aromatic rings. The van der Waals surface area contributed by atoms with Crippen molar-refractivity contribution in [3.05, 3.63) is 65.7 Å². The molecule has 0 fully saturated rings. The monoisotopic (exact) mass is 407 g/mol. The Bertz CT molecular complexity index is 723. The Hall–Kier alpha value is -1.80. The number of anilines is 1. The molecule has 2 heteroatoms. The van der Waals surface area contributed by atoms with Crippen LogP contribution in [0.2, 0.25) is 0 Å². The second kappa shape index (κ2) is 11.0. The Kier molecular flexibility index (Phi) is 8.39. The van der Waals surface area contributed by atoms with Crippen molar-refractivity contribution in [1.82, 2.24) is 0 Å². The summed E-state index contributed by atoms with van der Waals surface area (Å²) in [5.74, 6) is 0. The van der Waals surface area contributed by atoms with Gasteiger partial charge in [-0.3, -0.25) is 0 Å². The fourth-order valence-electron chi connectivity index (χ4n) is 5.99. The normalized spacial score (nSPS) is 15.2. The third kappa shape index (κ3) is 5.09. The van der Waals surface area contributed by atoms with Crippen molar-refractivity contribution in [3.63, 3.8) is 0 Å². The molecule has 0 N–H and O–H groups in total. The van der Waals surface area contributed by atoms with Gasteiger partial charge in [0.05, 0.1) is 25.7 Å². The predicted molar refractivity (Wildman–Crippen MR) is 131 cm³/mol. The first-order chi connectivity index (χ1) is 14.7. The molecule has 0 amide bonds. The van der Waals surface area contributed by atoms with E-state index in [1.165, 1.54) is 68.3 Å². The van der Waals surface area contributed by atoms with Crippen LogP contribution in [-0.4, -0.2) is 42.7 Å². The van der Waals surface area contributed by atoms with Gasteiger partial charge in [0.15, 0.2) is 0 Å². The van der Waals surface area contributed by atoms with Crippen molar-refractivity contribution in [2.45, 2.75) is 78.3 Å². The molecule has 1 aliphatic rings.